The monoisotopic (exact) mass is 376 g/mol. The molecule has 0 aliphatic carbocycles. The molecule has 0 fully saturated rings. The number of aryl methyl sites for hydroxylation is 1. The standard InChI is InChI=1S/C22H20N2O4/c1-14-17(23-22(28-14)16-8-4-6-10-20(16)27-2)13-21(26)24-12-11-19(25)15-7-3-5-9-18(15)24/h3-10H,11-13H2,1-2H3. The van der Waals surface area contributed by atoms with E-state index in [1.54, 1.807) is 31.1 Å². The minimum atomic E-state index is -0.108. The highest BCUT2D eigenvalue weighted by atomic mass is 16.5. The second-order valence-corrected chi connectivity index (χ2v) is 6.63. The lowest BCUT2D eigenvalue weighted by Gasteiger charge is -2.28. The number of hydrogen-bond donors (Lipinski definition) is 0. The number of fused-ring (bicyclic) bond motifs is 1. The number of anilines is 1. The second kappa shape index (κ2) is 7.31. The van der Waals surface area contributed by atoms with Crippen molar-refractivity contribution in [1.29, 1.82) is 0 Å². The Kier molecular flexibility index (Phi) is 4.69. The number of methoxy groups -OCH3 is 1. The third kappa shape index (κ3) is 3.17. The van der Waals surface area contributed by atoms with Crippen LogP contribution in [0.3, 0.4) is 0 Å². The Labute approximate surface area is 162 Å². The van der Waals surface area contributed by atoms with Crippen LogP contribution in [0.25, 0.3) is 11.5 Å². The van der Waals surface area contributed by atoms with Crippen molar-refractivity contribution in [2.75, 3.05) is 18.6 Å². The molecule has 6 nitrogen and oxygen atoms in total. The molecular formula is C22H20N2O4. The highest BCUT2D eigenvalue weighted by Gasteiger charge is 2.28. The van der Waals surface area contributed by atoms with Crippen molar-refractivity contribution in [2.45, 2.75) is 19.8 Å². The van der Waals surface area contributed by atoms with Crippen molar-refractivity contribution in [1.82, 2.24) is 4.98 Å². The topological polar surface area (TPSA) is 72.6 Å². The van der Waals surface area contributed by atoms with E-state index in [-0.39, 0.29) is 18.1 Å². The number of aromatic nitrogens is 1. The second-order valence-electron chi connectivity index (χ2n) is 6.63. The zero-order chi connectivity index (χ0) is 19.7. The van der Waals surface area contributed by atoms with Crippen LogP contribution in [0.1, 0.15) is 28.2 Å². The number of carbonyl (C=O) groups excluding carboxylic acids is 2. The SMILES string of the molecule is COc1ccccc1-c1nc(CC(=O)N2CCC(=O)c3ccccc32)c(C)o1. The lowest BCUT2D eigenvalue weighted by atomic mass is 10.00. The molecule has 0 saturated heterocycles. The minimum Gasteiger partial charge on any atom is -0.496 e. The number of oxazole rings is 1. The fourth-order valence-corrected chi connectivity index (χ4v) is 3.44. The van der Waals surface area contributed by atoms with E-state index in [1.165, 1.54) is 0 Å². The lowest BCUT2D eigenvalue weighted by Crippen LogP contribution is -2.38. The first-order valence-corrected chi connectivity index (χ1v) is 9.10. The third-order valence-electron chi connectivity index (χ3n) is 4.91. The summed E-state index contributed by atoms with van der Waals surface area (Å²) < 4.78 is 11.2. The fourth-order valence-electron chi connectivity index (χ4n) is 3.44. The molecular weight excluding hydrogens is 356 g/mol. The predicted molar refractivity (Wildman–Crippen MR) is 105 cm³/mol. The number of nitrogens with zero attached hydrogens (tertiary/aromatic N) is 2. The molecule has 28 heavy (non-hydrogen) atoms. The van der Waals surface area contributed by atoms with Crippen LogP contribution in [0, 0.1) is 6.92 Å². The Morgan fingerprint density at radius 3 is 2.64 bits per heavy atom. The number of carbonyl (C=O) groups is 2. The van der Waals surface area contributed by atoms with Gasteiger partial charge in [-0.15, -0.1) is 0 Å². The van der Waals surface area contributed by atoms with Crippen LogP contribution in [0.5, 0.6) is 5.75 Å². The summed E-state index contributed by atoms with van der Waals surface area (Å²) in [4.78, 5) is 31.3. The van der Waals surface area contributed by atoms with Crippen molar-refractivity contribution in [3.63, 3.8) is 0 Å². The van der Waals surface area contributed by atoms with Gasteiger partial charge in [0.1, 0.15) is 11.5 Å². The summed E-state index contributed by atoms with van der Waals surface area (Å²) in [5.41, 5.74) is 2.57. The summed E-state index contributed by atoms with van der Waals surface area (Å²) in [5, 5.41) is 0. The number of benzene rings is 2. The van der Waals surface area contributed by atoms with Crippen molar-refractivity contribution >= 4 is 17.4 Å². The van der Waals surface area contributed by atoms with E-state index in [2.05, 4.69) is 4.98 Å². The Bertz CT molecular complexity index is 1050. The van der Waals surface area contributed by atoms with E-state index in [9.17, 15) is 9.59 Å². The average Bonchev–Trinajstić information content (AvgIpc) is 3.08. The number of ketones is 1. The molecule has 0 N–H and O–H groups in total. The Morgan fingerprint density at radius 2 is 1.86 bits per heavy atom. The maximum atomic E-state index is 13.0. The number of ether oxygens (including phenoxy) is 1. The van der Waals surface area contributed by atoms with Crippen LogP contribution in [0.2, 0.25) is 0 Å². The molecule has 0 radical (unpaired) electrons. The lowest BCUT2D eigenvalue weighted by molar-refractivity contribution is -0.118. The molecule has 0 spiro atoms. The molecule has 1 aromatic heterocycles. The summed E-state index contributed by atoms with van der Waals surface area (Å²) >= 11 is 0. The molecule has 2 heterocycles. The number of hydrogen-bond acceptors (Lipinski definition) is 5. The van der Waals surface area contributed by atoms with E-state index in [1.807, 2.05) is 36.4 Å². The van der Waals surface area contributed by atoms with Crippen molar-refractivity contribution in [2.24, 2.45) is 0 Å². The Balaban J connectivity index is 1.61. The molecule has 1 aliphatic heterocycles. The zero-order valence-electron chi connectivity index (χ0n) is 15.8. The van der Waals surface area contributed by atoms with Crippen molar-refractivity contribution in [3.05, 3.63) is 65.5 Å². The van der Waals surface area contributed by atoms with Crippen LogP contribution in [-0.4, -0.2) is 30.3 Å². The summed E-state index contributed by atoms with van der Waals surface area (Å²) in [5.74, 6) is 1.63. The molecule has 0 bridgehead atoms. The van der Waals surface area contributed by atoms with Gasteiger partial charge in [-0.3, -0.25) is 9.59 Å². The van der Waals surface area contributed by atoms with E-state index >= 15 is 0 Å². The minimum absolute atomic E-state index is 0.0655. The number of Topliss-reactive ketones (excluding diaryl/α,β-unsaturated/α-hetero) is 1. The normalized spacial score (nSPS) is 13.4. The first-order chi connectivity index (χ1) is 13.6. The van der Waals surface area contributed by atoms with E-state index in [0.29, 0.717) is 47.3 Å². The molecule has 2 aromatic carbocycles. The third-order valence-corrected chi connectivity index (χ3v) is 4.91. The molecule has 4 rings (SSSR count). The summed E-state index contributed by atoms with van der Waals surface area (Å²) in [6.07, 6.45) is 0.431. The van der Waals surface area contributed by atoms with Crippen molar-refractivity contribution < 1.29 is 18.7 Å². The van der Waals surface area contributed by atoms with Gasteiger partial charge in [-0.2, -0.15) is 0 Å². The quantitative estimate of drug-likeness (QED) is 0.692. The van der Waals surface area contributed by atoms with Gasteiger partial charge in [-0.25, -0.2) is 4.98 Å². The number of para-hydroxylation sites is 2. The number of amides is 1. The van der Waals surface area contributed by atoms with Gasteiger partial charge in [-0.1, -0.05) is 24.3 Å². The highest BCUT2D eigenvalue weighted by molar-refractivity contribution is 6.09. The summed E-state index contributed by atoms with van der Waals surface area (Å²) in [7, 11) is 1.59. The maximum Gasteiger partial charge on any atom is 0.233 e. The predicted octanol–water partition coefficient (Wildman–Crippen LogP) is 3.82. The van der Waals surface area contributed by atoms with Crippen LogP contribution in [0.15, 0.2) is 52.9 Å². The van der Waals surface area contributed by atoms with Crippen molar-refractivity contribution in [3.8, 4) is 17.2 Å². The molecule has 1 amide bonds. The highest BCUT2D eigenvalue weighted by Crippen LogP contribution is 2.31. The van der Waals surface area contributed by atoms with Crippen LogP contribution in [0.4, 0.5) is 5.69 Å². The molecule has 3 aromatic rings. The molecule has 0 saturated carbocycles. The molecule has 0 unspecified atom stereocenters. The first kappa shape index (κ1) is 18.0. The fraction of sp³-hybridized carbons (Fsp3) is 0.227. The largest absolute Gasteiger partial charge is 0.496 e. The smallest absolute Gasteiger partial charge is 0.233 e. The summed E-state index contributed by atoms with van der Waals surface area (Å²) in [6.45, 7) is 2.17. The van der Waals surface area contributed by atoms with E-state index in [0.717, 1.165) is 5.56 Å². The van der Waals surface area contributed by atoms with Crippen LogP contribution >= 0.6 is 0 Å². The van der Waals surface area contributed by atoms with Gasteiger partial charge in [0.15, 0.2) is 5.78 Å². The van der Waals surface area contributed by atoms with Crippen LogP contribution in [-0.2, 0) is 11.2 Å². The molecule has 0 atom stereocenters. The summed E-state index contributed by atoms with van der Waals surface area (Å²) in [6, 6.07) is 14.7. The average molecular weight is 376 g/mol. The van der Waals surface area contributed by atoms with Gasteiger partial charge in [0.05, 0.1) is 30.5 Å². The number of rotatable bonds is 4. The van der Waals surface area contributed by atoms with Gasteiger partial charge in [-0.05, 0) is 31.2 Å². The van der Waals surface area contributed by atoms with Gasteiger partial charge >= 0.3 is 0 Å². The van der Waals surface area contributed by atoms with Gasteiger partial charge in [0.2, 0.25) is 11.8 Å². The Morgan fingerprint density at radius 1 is 1.14 bits per heavy atom. The van der Waals surface area contributed by atoms with Gasteiger partial charge in [0, 0.05) is 18.5 Å². The van der Waals surface area contributed by atoms with E-state index < -0.39 is 0 Å². The molecule has 6 heteroatoms. The van der Waals surface area contributed by atoms with E-state index in [4.69, 9.17) is 9.15 Å². The van der Waals surface area contributed by atoms with Crippen LogP contribution < -0.4 is 9.64 Å². The zero-order valence-corrected chi connectivity index (χ0v) is 15.8. The Hall–Kier alpha value is -3.41. The van der Waals surface area contributed by atoms with Gasteiger partial charge < -0.3 is 14.1 Å². The first-order valence-electron chi connectivity index (χ1n) is 9.10. The maximum absolute atomic E-state index is 13.0. The van der Waals surface area contributed by atoms with Gasteiger partial charge in [0.25, 0.3) is 0 Å². The molecule has 142 valence electrons. The molecule has 1 aliphatic rings.